The maximum absolute atomic E-state index is 12.5. The van der Waals surface area contributed by atoms with Gasteiger partial charge in [-0.2, -0.15) is 13.2 Å². The molecule has 0 fully saturated rings. The summed E-state index contributed by atoms with van der Waals surface area (Å²) in [5, 5.41) is 0. The van der Waals surface area contributed by atoms with E-state index in [2.05, 4.69) is 25.7 Å². The summed E-state index contributed by atoms with van der Waals surface area (Å²) in [6.45, 7) is 9.20. The van der Waals surface area contributed by atoms with E-state index in [-0.39, 0.29) is 17.4 Å². The fourth-order valence-corrected chi connectivity index (χ4v) is 2.94. The zero-order chi connectivity index (χ0) is 16.1. The Balaban J connectivity index is 2.36. The molecular weight excluding hydrogens is 277 g/mol. The molecule has 21 heavy (non-hydrogen) atoms. The molecule has 124 valence electrons. The van der Waals surface area contributed by atoms with E-state index >= 15 is 0 Å². The van der Waals surface area contributed by atoms with Crippen molar-refractivity contribution in [3.63, 3.8) is 0 Å². The number of hydrogen-bond donors (Lipinski definition) is 1. The predicted octanol–water partition coefficient (Wildman–Crippen LogP) is 3.97. The topological polar surface area (TPSA) is 29.3 Å². The van der Waals surface area contributed by atoms with E-state index in [1.54, 1.807) is 0 Å². The van der Waals surface area contributed by atoms with Crippen LogP contribution in [0.4, 0.5) is 13.2 Å². The van der Waals surface area contributed by atoms with Crippen LogP contribution in [0.25, 0.3) is 0 Å². The molecule has 2 nitrogen and oxygen atoms in total. The molecule has 0 saturated carbocycles. The second kappa shape index (κ2) is 7.63. The second-order valence-electron chi connectivity index (χ2n) is 7.06. The molecule has 0 amide bonds. The van der Waals surface area contributed by atoms with Crippen LogP contribution < -0.4 is 5.73 Å². The SMILES string of the molecule is CC(C)(C)C(CCN)CCCN1CC=C(C(F)(F)F)CC1. The van der Waals surface area contributed by atoms with Crippen molar-refractivity contribution in [2.75, 3.05) is 26.2 Å². The van der Waals surface area contributed by atoms with Gasteiger partial charge in [0, 0.05) is 18.7 Å². The molecule has 1 aliphatic rings. The van der Waals surface area contributed by atoms with E-state index in [1.807, 2.05) is 0 Å². The van der Waals surface area contributed by atoms with Crippen molar-refractivity contribution >= 4 is 0 Å². The largest absolute Gasteiger partial charge is 0.412 e. The molecule has 0 saturated heterocycles. The van der Waals surface area contributed by atoms with E-state index < -0.39 is 6.18 Å². The van der Waals surface area contributed by atoms with Crippen LogP contribution in [0.15, 0.2) is 11.6 Å². The average molecular weight is 306 g/mol. The molecule has 1 heterocycles. The number of nitrogens with zero attached hydrogens (tertiary/aromatic N) is 1. The zero-order valence-electron chi connectivity index (χ0n) is 13.5. The Hall–Kier alpha value is -0.550. The third kappa shape index (κ3) is 6.39. The predicted molar refractivity (Wildman–Crippen MR) is 81.0 cm³/mol. The van der Waals surface area contributed by atoms with Crippen LogP contribution in [0, 0.1) is 11.3 Å². The summed E-state index contributed by atoms with van der Waals surface area (Å²) in [5.74, 6) is 0.577. The fourth-order valence-electron chi connectivity index (χ4n) is 2.94. The summed E-state index contributed by atoms with van der Waals surface area (Å²) in [4.78, 5) is 2.11. The van der Waals surface area contributed by atoms with Crippen LogP contribution >= 0.6 is 0 Å². The summed E-state index contributed by atoms with van der Waals surface area (Å²) in [7, 11) is 0. The molecule has 1 aliphatic heterocycles. The molecule has 0 bridgehead atoms. The number of rotatable bonds is 6. The van der Waals surface area contributed by atoms with E-state index in [0.29, 0.717) is 25.6 Å². The van der Waals surface area contributed by atoms with Crippen molar-refractivity contribution < 1.29 is 13.2 Å². The van der Waals surface area contributed by atoms with Crippen molar-refractivity contribution in [3.05, 3.63) is 11.6 Å². The van der Waals surface area contributed by atoms with Gasteiger partial charge in [0.05, 0.1) is 0 Å². The first-order chi connectivity index (χ1) is 9.64. The minimum Gasteiger partial charge on any atom is -0.330 e. The minimum absolute atomic E-state index is 0.120. The van der Waals surface area contributed by atoms with Gasteiger partial charge in [-0.3, -0.25) is 4.90 Å². The highest BCUT2D eigenvalue weighted by molar-refractivity contribution is 5.12. The van der Waals surface area contributed by atoms with E-state index in [1.165, 1.54) is 6.08 Å². The summed E-state index contributed by atoms with van der Waals surface area (Å²) < 4.78 is 37.6. The van der Waals surface area contributed by atoms with E-state index in [9.17, 15) is 13.2 Å². The first kappa shape index (κ1) is 18.5. The molecule has 0 aromatic heterocycles. The monoisotopic (exact) mass is 306 g/mol. The second-order valence-corrected chi connectivity index (χ2v) is 7.06. The van der Waals surface area contributed by atoms with Gasteiger partial charge in [-0.1, -0.05) is 26.8 Å². The zero-order valence-corrected chi connectivity index (χ0v) is 13.5. The van der Waals surface area contributed by atoms with Crippen LogP contribution in [0.5, 0.6) is 0 Å². The third-order valence-corrected chi connectivity index (χ3v) is 4.42. The van der Waals surface area contributed by atoms with Gasteiger partial charge in [0.15, 0.2) is 0 Å². The molecular formula is C16H29F3N2. The van der Waals surface area contributed by atoms with E-state index in [0.717, 1.165) is 25.8 Å². The van der Waals surface area contributed by atoms with Crippen LogP contribution in [0.1, 0.15) is 46.5 Å². The normalized spacial score (nSPS) is 19.5. The van der Waals surface area contributed by atoms with Crippen LogP contribution in [-0.2, 0) is 0 Å². The Kier molecular flexibility index (Phi) is 6.72. The highest BCUT2D eigenvalue weighted by atomic mass is 19.4. The lowest BCUT2D eigenvalue weighted by Crippen LogP contribution is -2.33. The van der Waals surface area contributed by atoms with Crippen molar-refractivity contribution in [2.24, 2.45) is 17.1 Å². The maximum Gasteiger partial charge on any atom is 0.412 e. The Labute approximate surface area is 126 Å². The van der Waals surface area contributed by atoms with Crippen molar-refractivity contribution in [1.29, 1.82) is 0 Å². The smallest absolute Gasteiger partial charge is 0.330 e. The van der Waals surface area contributed by atoms with Crippen LogP contribution in [0.2, 0.25) is 0 Å². The lowest BCUT2D eigenvalue weighted by atomic mass is 9.76. The van der Waals surface area contributed by atoms with Gasteiger partial charge < -0.3 is 5.73 Å². The van der Waals surface area contributed by atoms with Crippen molar-refractivity contribution in [1.82, 2.24) is 4.90 Å². The van der Waals surface area contributed by atoms with Gasteiger partial charge in [0.25, 0.3) is 0 Å². The molecule has 0 spiro atoms. The Morgan fingerprint density at radius 1 is 1.24 bits per heavy atom. The number of alkyl halides is 3. The average Bonchev–Trinajstić information content (AvgIpc) is 2.36. The number of hydrogen-bond acceptors (Lipinski definition) is 2. The number of halogens is 3. The lowest BCUT2D eigenvalue weighted by molar-refractivity contribution is -0.0960. The quantitative estimate of drug-likeness (QED) is 0.752. The van der Waals surface area contributed by atoms with E-state index in [4.69, 9.17) is 5.73 Å². The minimum atomic E-state index is -4.15. The summed E-state index contributed by atoms with van der Waals surface area (Å²) in [5.41, 5.74) is 5.55. The molecule has 1 atom stereocenters. The van der Waals surface area contributed by atoms with Crippen LogP contribution in [0.3, 0.4) is 0 Å². The molecule has 0 radical (unpaired) electrons. The van der Waals surface area contributed by atoms with Gasteiger partial charge in [-0.25, -0.2) is 0 Å². The van der Waals surface area contributed by atoms with Crippen LogP contribution in [-0.4, -0.2) is 37.3 Å². The molecule has 0 aromatic carbocycles. The van der Waals surface area contributed by atoms with Crippen molar-refractivity contribution in [2.45, 2.75) is 52.6 Å². The maximum atomic E-state index is 12.5. The molecule has 1 unspecified atom stereocenters. The highest BCUT2D eigenvalue weighted by Gasteiger charge is 2.34. The molecule has 1 rings (SSSR count). The van der Waals surface area contributed by atoms with Gasteiger partial charge in [0.1, 0.15) is 0 Å². The standard InChI is InChI=1S/C16H29F3N2/c1-15(2,3)13(6-9-20)5-4-10-21-11-7-14(8-12-21)16(17,18)19/h7,13H,4-6,8-12,20H2,1-3H3. The Morgan fingerprint density at radius 2 is 1.90 bits per heavy atom. The van der Waals surface area contributed by atoms with Gasteiger partial charge in [-0.05, 0) is 50.1 Å². The van der Waals surface area contributed by atoms with Gasteiger partial charge in [-0.15, -0.1) is 0 Å². The Bertz CT molecular complexity index is 342. The molecule has 0 aliphatic carbocycles. The third-order valence-electron chi connectivity index (χ3n) is 4.42. The lowest BCUT2D eigenvalue weighted by Gasteiger charge is -2.32. The highest BCUT2D eigenvalue weighted by Crippen LogP contribution is 2.33. The number of nitrogens with two attached hydrogens (primary N) is 1. The first-order valence-electron chi connectivity index (χ1n) is 7.83. The summed E-state index contributed by atoms with van der Waals surface area (Å²) in [6, 6.07) is 0. The van der Waals surface area contributed by atoms with Gasteiger partial charge in [0.2, 0.25) is 0 Å². The summed E-state index contributed by atoms with van der Waals surface area (Å²) >= 11 is 0. The fraction of sp³-hybridized carbons (Fsp3) is 0.875. The molecule has 0 aromatic rings. The van der Waals surface area contributed by atoms with Crippen molar-refractivity contribution in [3.8, 4) is 0 Å². The molecule has 2 N–H and O–H groups in total. The Morgan fingerprint density at radius 3 is 2.33 bits per heavy atom. The summed E-state index contributed by atoms with van der Waals surface area (Å²) in [6.07, 6.45) is 0.440. The molecule has 5 heteroatoms. The van der Waals surface area contributed by atoms with Gasteiger partial charge >= 0.3 is 6.18 Å². The first-order valence-corrected chi connectivity index (χ1v) is 7.83.